The van der Waals surface area contributed by atoms with E-state index in [1.807, 2.05) is 17.9 Å². The lowest BCUT2D eigenvalue weighted by atomic mass is 9.88. The van der Waals surface area contributed by atoms with Crippen LogP contribution in [0.2, 0.25) is 0 Å². The summed E-state index contributed by atoms with van der Waals surface area (Å²) in [5, 5.41) is 10.6. The minimum absolute atomic E-state index is 0. The zero-order valence-electron chi connectivity index (χ0n) is 15.4. The molecule has 1 unspecified atom stereocenters. The second-order valence-electron chi connectivity index (χ2n) is 6.94. The van der Waals surface area contributed by atoms with Crippen molar-refractivity contribution in [3.63, 3.8) is 0 Å². The van der Waals surface area contributed by atoms with Crippen LogP contribution >= 0.6 is 24.0 Å². The maximum atomic E-state index is 12.7. The van der Waals surface area contributed by atoms with Crippen molar-refractivity contribution in [2.75, 3.05) is 19.6 Å². The predicted octanol–water partition coefficient (Wildman–Crippen LogP) is 2.53. The molecule has 26 heavy (non-hydrogen) atoms. The summed E-state index contributed by atoms with van der Waals surface area (Å²) in [5.41, 5.74) is 0.803. The Balaban J connectivity index is 0.00000243. The summed E-state index contributed by atoms with van der Waals surface area (Å²) in [5.74, 6) is 1.37. The molecule has 0 bridgehead atoms. The van der Waals surface area contributed by atoms with E-state index >= 15 is 0 Å². The average Bonchev–Trinajstić information content (AvgIpc) is 3.32. The molecule has 0 spiro atoms. The topological polar surface area (TPSA) is 82.8 Å². The van der Waals surface area contributed by atoms with Gasteiger partial charge in [0.15, 0.2) is 5.96 Å². The third-order valence-corrected chi connectivity index (χ3v) is 5.03. The molecular weight excluding hydrogens is 445 g/mol. The molecule has 2 N–H and O–H groups in total. The molecule has 1 aromatic heterocycles. The molecule has 1 saturated heterocycles. The molecule has 0 radical (unpaired) electrons. The van der Waals surface area contributed by atoms with Gasteiger partial charge in [-0.05, 0) is 26.2 Å². The number of hydrogen-bond acceptors (Lipinski definition) is 4. The van der Waals surface area contributed by atoms with E-state index in [0.717, 1.165) is 50.6 Å². The number of aromatic nitrogens is 1. The second-order valence-corrected chi connectivity index (χ2v) is 6.94. The number of aliphatic imine (C=N–C) groups is 1. The van der Waals surface area contributed by atoms with Crippen LogP contribution in [0.25, 0.3) is 0 Å². The highest BCUT2D eigenvalue weighted by molar-refractivity contribution is 14.0. The van der Waals surface area contributed by atoms with Gasteiger partial charge in [0.25, 0.3) is 0 Å². The van der Waals surface area contributed by atoms with Gasteiger partial charge in [0.05, 0.1) is 6.54 Å². The summed E-state index contributed by atoms with van der Waals surface area (Å²) >= 11 is 0. The molecule has 1 aromatic rings. The Morgan fingerprint density at radius 1 is 1.35 bits per heavy atom. The van der Waals surface area contributed by atoms with Crippen LogP contribution in [0.15, 0.2) is 21.8 Å². The standard InChI is InChI=1S/C18H29N5O2.HI/c1-2-19-18(20-12-15-9-11-25-22-15)21-16-8-10-23(13-16)17(24)14-6-4-3-5-7-14;/h9,11,14,16H,2-8,10,12-13H2,1H3,(H2,19,20,21);1H. The fourth-order valence-corrected chi connectivity index (χ4v) is 3.68. The largest absolute Gasteiger partial charge is 0.364 e. The smallest absolute Gasteiger partial charge is 0.225 e. The molecule has 0 aromatic carbocycles. The van der Waals surface area contributed by atoms with Crippen LogP contribution in [0.3, 0.4) is 0 Å². The van der Waals surface area contributed by atoms with Crippen molar-refractivity contribution < 1.29 is 9.32 Å². The first-order chi connectivity index (χ1) is 12.3. The number of nitrogens with one attached hydrogen (secondary N) is 2. The van der Waals surface area contributed by atoms with Crippen molar-refractivity contribution in [1.29, 1.82) is 0 Å². The summed E-state index contributed by atoms with van der Waals surface area (Å²) < 4.78 is 4.83. The van der Waals surface area contributed by atoms with E-state index in [-0.39, 0.29) is 35.9 Å². The van der Waals surface area contributed by atoms with Gasteiger partial charge in [-0.25, -0.2) is 4.99 Å². The third-order valence-electron chi connectivity index (χ3n) is 5.03. The van der Waals surface area contributed by atoms with Crippen molar-refractivity contribution in [2.45, 2.75) is 58.0 Å². The highest BCUT2D eigenvalue weighted by atomic mass is 127. The number of likely N-dealkylation sites (tertiary alicyclic amines) is 1. The van der Waals surface area contributed by atoms with Crippen LogP contribution in [-0.4, -0.2) is 47.6 Å². The fraction of sp³-hybridized carbons (Fsp3) is 0.722. The maximum absolute atomic E-state index is 12.7. The van der Waals surface area contributed by atoms with Crippen molar-refractivity contribution in [1.82, 2.24) is 20.7 Å². The van der Waals surface area contributed by atoms with Crippen LogP contribution in [0.5, 0.6) is 0 Å². The van der Waals surface area contributed by atoms with Crippen molar-refractivity contribution in [3.05, 3.63) is 18.0 Å². The molecule has 2 aliphatic rings. The Morgan fingerprint density at radius 2 is 2.15 bits per heavy atom. The van der Waals surface area contributed by atoms with E-state index in [2.05, 4.69) is 20.8 Å². The Kier molecular flexibility index (Phi) is 8.67. The number of nitrogens with zero attached hydrogens (tertiary/aromatic N) is 3. The number of carbonyl (C=O) groups excluding carboxylic acids is 1. The highest BCUT2D eigenvalue weighted by Crippen LogP contribution is 2.26. The van der Waals surface area contributed by atoms with Gasteiger partial charge in [0, 0.05) is 37.7 Å². The molecule has 3 rings (SSSR count). The minimum atomic E-state index is 0. The molecule has 2 fully saturated rings. The zero-order chi connectivity index (χ0) is 17.5. The number of carbonyl (C=O) groups is 1. The Bertz CT molecular complexity index is 572. The zero-order valence-corrected chi connectivity index (χ0v) is 17.8. The minimum Gasteiger partial charge on any atom is -0.364 e. The van der Waals surface area contributed by atoms with Gasteiger partial charge in [-0.15, -0.1) is 24.0 Å². The predicted molar refractivity (Wildman–Crippen MR) is 111 cm³/mol. The number of halogens is 1. The molecule has 1 saturated carbocycles. The number of amides is 1. The van der Waals surface area contributed by atoms with Gasteiger partial charge >= 0.3 is 0 Å². The van der Waals surface area contributed by atoms with Crippen molar-refractivity contribution in [3.8, 4) is 0 Å². The second kappa shape index (κ2) is 10.7. The molecular formula is C18H30IN5O2. The summed E-state index contributed by atoms with van der Waals surface area (Å²) in [6.07, 6.45) is 8.33. The number of rotatable bonds is 5. The van der Waals surface area contributed by atoms with Crippen LogP contribution in [-0.2, 0) is 11.3 Å². The number of guanidine groups is 1. The highest BCUT2D eigenvalue weighted by Gasteiger charge is 2.31. The van der Waals surface area contributed by atoms with E-state index in [0.29, 0.717) is 12.5 Å². The lowest BCUT2D eigenvalue weighted by Crippen LogP contribution is -2.45. The summed E-state index contributed by atoms with van der Waals surface area (Å²) in [6, 6.07) is 2.07. The van der Waals surface area contributed by atoms with Crippen molar-refractivity contribution >= 4 is 35.8 Å². The van der Waals surface area contributed by atoms with Gasteiger partial charge in [-0.1, -0.05) is 24.4 Å². The lowest BCUT2D eigenvalue weighted by molar-refractivity contribution is -0.135. The SMILES string of the molecule is CCNC(=NCc1ccon1)NC1CCN(C(=O)C2CCCCC2)C1.I. The fourth-order valence-electron chi connectivity index (χ4n) is 3.68. The van der Waals surface area contributed by atoms with E-state index in [4.69, 9.17) is 4.52 Å². The lowest BCUT2D eigenvalue weighted by Gasteiger charge is -2.26. The van der Waals surface area contributed by atoms with E-state index in [1.165, 1.54) is 19.3 Å². The van der Waals surface area contributed by atoms with Gasteiger partial charge in [-0.2, -0.15) is 0 Å². The maximum Gasteiger partial charge on any atom is 0.225 e. The molecule has 8 heteroatoms. The molecule has 1 amide bonds. The first kappa shape index (κ1) is 21.0. The number of hydrogen-bond donors (Lipinski definition) is 2. The molecule has 146 valence electrons. The van der Waals surface area contributed by atoms with Gasteiger partial charge in [-0.3, -0.25) is 4.79 Å². The Hall–Kier alpha value is -1.32. The van der Waals surface area contributed by atoms with E-state index in [9.17, 15) is 4.79 Å². The third kappa shape index (κ3) is 5.85. The monoisotopic (exact) mass is 475 g/mol. The Labute approximate surface area is 172 Å². The van der Waals surface area contributed by atoms with Crippen LogP contribution in [0.4, 0.5) is 0 Å². The van der Waals surface area contributed by atoms with Crippen LogP contribution < -0.4 is 10.6 Å². The van der Waals surface area contributed by atoms with E-state index < -0.39 is 0 Å². The van der Waals surface area contributed by atoms with Gasteiger partial charge < -0.3 is 20.1 Å². The summed E-state index contributed by atoms with van der Waals surface area (Å²) in [6.45, 7) is 4.92. The molecule has 7 nitrogen and oxygen atoms in total. The normalized spacial score (nSPS) is 21.3. The van der Waals surface area contributed by atoms with Crippen LogP contribution in [0.1, 0.15) is 51.1 Å². The first-order valence-corrected chi connectivity index (χ1v) is 9.49. The molecule has 1 atom stereocenters. The average molecular weight is 475 g/mol. The Morgan fingerprint density at radius 3 is 2.85 bits per heavy atom. The molecule has 2 heterocycles. The van der Waals surface area contributed by atoms with E-state index in [1.54, 1.807) is 6.26 Å². The van der Waals surface area contributed by atoms with Crippen molar-refractivity contribution in [2.24, 2.45) is 10.9 Å². The molecule has 1 aliphatic heterocycles. The summed E-state index contributed by atoms with van der Waals surface area (Å²) in [7, 11) is 0. The summed E-state index contributed by atoms with van der Waals surface area (Å²) in [4.78, 5) is 19.3. The first-order valence-electron chi connectivity index (χ1n) is 9.49. The van der Waals surface area contributed by atoms with Crippen LogP contribution in [0, 0.1) is 5.92 Å². The van der Waals surface area contributed by atoms with Gasteiger partial charge in [0.1, 0.15) is 12.0 Å². The van der Waals surface area contributed by atoms with Gasteiger partial charge in [0.2, 0.25) is 5.91 Å². The quantitative estimate of drug-likeness (QED) is 0.389. The molecule has 1 aliphatic carbocycles.